The van der Waals surface area contributed by atoms with Gasteiger partial charge in [0.05, 0.1) is 4.88 Å². The quantitative estimate of drug-likeness (QED) is 0.434. The number of thiocarbonyl (C=S) groups is 1. The third kappa shape index (κ3) is 4.41. The summed E-state index contributed by atoms with van der Waals surface area (Å²) < 4.78 is 0. The maximum atomic E-state index is 11.5. The molecule has 0 aliphatic carbocycles. The SMILES string of the molecule is C=C(C)CNC(=S)NNC(=O)c1cccs1. The van der Waals surface area contributed by atoms with Gasteiger partial charge in [0.25, 0.3) is 5.91 Å². The fourth-order valence-corrected chi connectivity index (χ4v) is 1.60. The van der Waals surface area contributed by atoms with E-state index in [1.807, 2.05) is 18.4 Å². The second kappa shape index (κ2) is 6.24. The van der Waals surface area contributed by atoms with Crippen molar-refractivity contribution in [2.24, 2.45) is 0 Å². The van der Waals surface area contributed by atoms with Crippen LogP contribution in [-0.2, 0) is 0 Å². The molecule has 86 valence electrons. The Hall–Kier alpha value is -1.40. The van der Waals surface area contributed by atoms with Gasteiger partial charge >= 0.3 is 0 Å². The number of amides is 1. The summed E-state index contributed by atoms with van der Waals surface area (Å²) in [7, 11) is 0. The molecule has 0 radical (unpaired) electrons. The highest BCUT2D eigenvalue weighted by Gasteiger charge is 2.05. The lowest BCUT2D eigenvalue weighted by Crippen LogP contribution is -2.46. The van der Waals surface area contributed by atoms with Gasteiger partial charge in [-0.25, -0.2) is 0 Å². The average molecular weight is 255 g/mol. The summed E-state index contributed by atoms with van der Waals surface area (Å²) in [5, 5.41) is 5.10. The second-order valence-electron chi connectivity index (χ2n) is 3.20. The molecule has 1 aromatic heterocycles. The van der Waals surface area contributed by atoms with Gasteiger partial charge < -0.3 is 5.32 Å². The summed E-state index contributed by atoms with van der Waals surface area (Å²) in [5.41, 5.74) is 6.08. The minimum absolute atomic E-state index is 0.200. The van der Waals surface area contributed by atoms with Crippen LogP contribution in [0.25, 0.3) is 0 Å². The van der Waals surface area contributed by atoms with Crippen LogP contribution in [0.2, 0.25) is 0 Å². The highest BCUT2D eigenvalue weighted by atomic mass is 32.1. The standard InChI is InChI=1S/C10H13N3OS2/c1-7(2)6-11-10(15)13-12-9(14)8-4-3-5-16-8/h3-5H,1,6H2,2H3,(H,12,14)(H2,11,13,15). The monoisotopic (exact) mass is 255 g/mol. The molecule has 1 amide bonds. The predicted octanol–water partition coefficient (Wildman–Crippen LogP) is 1.43. The number of hydrazine groups is 1. The zero-order valence-electron chi connectivity index (χ0n) is 8.87. The van der Waals surface area contributed by atoms with Crippen LogP contribution in [0.5, 0.6) is 0 Å². The Morgan fingerprint density at radius 1 is 1.56 bits per heavy atom. The van der Waals surface area contributed by atoms with Crippen molar-refractivity contribution in [1.29, 1.82) is 0 Å². The number of carbonyl (C=O) groups is 1. The first-order valence-electron chi connectivity index (χ1n) is 4.61. The fourth-order valence-electron chi connectivity index (χ4n) is 0.858. The van der Waals surface area contributed by atoms with Crippen LogP contribution in [0.3, 0.4) is 0 Å². The van der Waals surface area contributed by atoms with E-state index in [-0.39, 0.29) is 5.91 Å². The minimum Gasteiger partial charge on any atom is -0.358 e. The van der Waals surface area contributed by atoms with Gasteiger partial charge in [-0.15, -0.1) is 11.3 Å². The highest BCUT2D eigenvalue weighted by Crippen LogP contribution is 2.06. The van der Waals surface area contributed by atoms with E-state index in [2.05, 4.69) is 22.7 Å². The summed E-state index contributed by atoms with van der Waals surface area (Å²) in [6.45, 7) is 6.20. The van der Waals surface area contributed by atoms with Crippen molar-refractivity contribution in [1.82, 2.24) is 16.2 Å². The van der Waals surface area contributed by atoms with Gasteiger partial charge in [0.2, 0.25) is 0 Å². The van der Waals surface area contributed by atoms with Crippen molar-refractivity contribution in [3.63, 3.8) is 0 Å². The first-order chi connectivity index (χ1) is 7.59. The fraction of sp³-hybridized carbons (Fsp3) is 0.200. The van der Waals surface area contributed by atoms with Gasteiger partial charge in [0.15, 0.2) is 5.11 Å². The molecule has 6 heteroatoms. The van der Waals surface area contributed by atoms with Gasteiger partial charge in [-0.2, -0.15) is 0 Å². The van der Waals surface area contributed by atoms with Crippen LogP contribution in [0.15, 0.2) is 29.7 Å². The maximum Gasteiger partial charge on any atom is 0.279 e. The third-order valence-corrected chi connectivity index (χ3v) is 2.70. The molecular weight excluding hydrogens is 242 g/mol. The largest absolute Gasteiger partial charge is 0.358 e. The minimum atomic E-state index is -0.200. The van der Waals surface area contributed by atoms with Crippen molar-refractivity contribution in [2.75, 3.05) is 6.54 Å². The Morgan fingerprint density at radius 3 is 2.88 bits per heavy atom. The molecule has 0 unspecified atom stereocenters. The smallest absolute Gasteiger partial charge is 0.279 e. The van der Waals surface area contributed by atoms with Crippen LogP contribution in [0, 0.1) is 0 Å². The number of hydrogen-bond donors (Lipinski definition) is 3. The predicted molar refractivity (Wildman–Crippen MR) is 70.3 cm³/mol. The second-order valence-corrected chi connectivity index (χ2v) is 4.55. The van der Waals surface area contributed by atoms with Gasteiger partial charge in [-0.1, -0.05) is 18.2 Å². The molecule has 1 rings (SSSR count). The first-order valence-corrected chi connectivity index (χ1v) is 5.90. The summed E-state index contributed by atoms with van der Waals surface area (Å²) in [4.78, 5) is 12.1. The number of hydrogen-bond acceptors (Lipinski definition) is 3. The van der Waals surface area contributed by atoms with Crippen LogP contribution in [0.1, 0.15) is 16.6 Å². The molecule has 0 saturated heterocycles. The van der Waals surface area contributed by atoms with Crippen LogP contribution < -0.4 is 16.2 Å². The van der Waals surface area contributed by atoms with Crippen molar-refractivity contribution in [3.05, 3.63) is 34.5 Å². The lowest BCUT2D eigenvalue weighted by atomic mass is 10.4. The Bertz CT molecular complexity index is 387. The van der Waals surface area contributed by atoms with Gasteiger partial charge in [-0.05, 0) is 30.6 Å². The average Bonchev–Trinajstić information content (AvgIpc) is 2.76. The van der Waals surface area contributed by atoms with E-state index in [4.69, 9.17) is 12.2 Å². The number of carbonyl (C=O) groups excluding carboxylic acids is 1. The normalized spacial score (nSPS) is 9.31. The van der Waals surface area contributed by atoms with Crippen LogP contribution in [0.4, 0.5) is 0 Å². The van der Waals surface area contributed by atoms with E-state index in [0.717, 1.165) is 5.57 Å². The van der Waals surface area contributed by atoms with Crippen molar-refractivity contribution in [2.45, 2.75) is 6.92 Å². The molecule has 0 fully saturated rings. The number of thiophene rings is 1. The lowest BCUT2D eigenvalue weighted by Gasteiger charge is -2.10. The number of rotatable bonds is 3. The van der Waals surface area contributed by atoms with Gasteiger partial charge in [0.1, 0.15) is 0 Å². The van der Waals surface area contributed by atoms with E-state index >= 15 is 0 Å². The molecule has 0 bridgehead atoms. The molecule has 0 aliphatic rings. The molecule has 3 N–H and O–H groups in total. The van der Waals surface area contributed by atoms with E-state index in [1.54, 1.807) is 6.07 Å². The van der Waals surface area contributed by atoms with E-state index < -0.39 is 0 Å². The molecule has 0 aliphatic heterocycles. The molecule has 16 heavy (non-hydrogen) atoms. The molecule has 1 aromatic rings. The maximum absolute atomic E-state index is 11.5. The highest BCUT2D eigenvalue weighted by molar-refractivity contribution is 7.80. The van der Waals surface area contributed by atoms with E-state index in [9.17, 15) is 4.79 Å². The molecule has 0 aromatic carbocycles. The van der Waals surface area contributed by atoms with Crippen LogP contribution >= 0.6 is 23.6 Å². The van der Waals surface area contributed by atoms with Crippen molar-refractivity contribution >= 4 is 34.6 Å². The van der Waals surface area contributed by atoms with E-state index in [1.165, 1.54) is 11.3 Å². The van der Waals surface area contributed by atoms with Gasteiger partial charge in [0, 0.05) is 6.54 Å². The molecule has 0 spiro atoms. The Kier molecular flexibility index (Phi) is 4.94. The summed E-state index contributed by atoms with van der Waals surface area (Å²) in [6.07, 6.45) is 0. The molecule has 4 nitrogen and oxygen atoms in total. The third-order valence-electron chi connectivity index (χ3n) is 1.59. The molecular formula is C10H13N3OS2. The van der Waals surface area contributed by atoms with Gasteiger partial charge in [-0.3, -0.25) is 15.6 Å². The summed E-state index contributed by atoms with van der Waals surface area (Å²) in [5.74, 6) is -0.200. The van der Waals surface area contributed by atoms with Crippen molar-refractivity contribution < 1.29 is 4.79 Å². The molecule has 0 saturated carbocycles. The van der Waals surface area contributed by atoms with Crippen LogP contribution in [-0.4, -0.2) is 17.6 Å². The zero-order valence-corrected chi connectivity index (χ0v) is 10.5. The van der Waals surface area contributed by atoms with Crippen molar-refractivity contribution in [3.8, 4) is 0 Å². The molecule has 0 atom stereocenters. The first kappa shape index (κ1) is 12.7. The molecule has 1 heterocycles. The zero-order chi connectivity index (χ0) is 12.0. The Balaban J connectivity index is 2.27. The topological polar surface area (TPSA) is 53.2 Å². The lowest BCUT2D eigenvalue weighted by molar-refractivity contribution is 0.0948. The van der Waals surface area contributed by atoms with E-state index in [0.29, 0.717) is 16.5 Å². The Morgan fingerprint density at radius 2 is 2.31 bits per heavy atom. The Labute approximate surface area is 104 Å². The number of nitrogens with one attached hydrogen (secondary N) is 3. The summed E-state index contributed by atoms with van der Waals surface area (Å²) >= 11 is 6.32. The summed E-state index contributed by atoms with van der Waals surface area (Å²) in [6, 6.07) is 3.56.